The van der Waals surface area contributed by atoms with Crippen LogP contribution in [0.25, 0.3) is 16.9 Å². The Kier molecular flexibility index (Phi) is 3.26. The zero-order chi connectivity index (χ0) is 15.0. The van der Waals surface area contributed by atoms with E-state index >= 15 is 0 Å². The number of aromatic hydroxyl groups is 1. The van der Waals surface area contributed by atoms with Gasteiger partial charge in [0.2, 0.25) is 5.88 Å². The van der Waals surface area contributed by atoms with E-state index in [1.807, 2.05) is 54.9 Å². The fraction of sp³-hybridized carbons (Fsp3) is 0.167. The van der Waals surface area contributed by atoms with Crippen LogP contribution in [0.1, 0.15) is 16.7 Å². The molecule has 0 amide bonds. The van der Waals surface area contributed by atoms with E-state index in [0.717, 1.165) is 28.1 Å². The Bertz CT molecular complexity index is 803. The van der Waals surface area contributed by atoms with Gasteiger partial charge in [0.1, 0.15) is 0 Å². The van der Waals surface area contributed by atoms with Crippen molar-refractivity contribution in [2.45, 2.75) is 20.8 Å². The Morgan fingerprint density at radius 3 is 2.43 bits per heavy atom. The van der Waals surface area contributed by atoms with Crippen LogP contribution in [0.3, 0.4) is 0 Å². The molecule has 0 spiro atoms. The minimum absolute atomic E-state index is 0.0785. The van der Waals surface area contributed by atoms with Gasteiger partial charge in [-0.25, -0.2) is 4.68 Å². The molecular formula is C18H18N2O. The lowest BCUT2D eigenvalue weighted by Gasteiger charge is -2.11. The first kappa shape index (κ1) is 13.4. The maximum atomic E-state index is 10.1. The second-order valence-corrected chi connectivity index (χ2v) is 5.36. The molecule has 0 aliphatic rings. The van der Waals surface area contributed by atoms with E-state index in [9.17, 15) is 5.11 Å². The van der Waals surface area contributed by atoms with Gasteiger partial charge in [-0.2, -0.15) is 0 Å². The molecule has 106 valence electrons. The van der Waals surface area contributed by atoms with Gasteiger partial charge in [-0.1, -0.05) is 42.0 Å². The van der Waals surface area contributed by atoms with Crippen molar-refractivity contribution < 1.29 is 5.11 Å². The second kappa shape index (κ2) is 5.09. The first-order valence-corrected chi connectivity index (χ1v) is 6.99. The summed E-state index contributed by atoms with van der Waals surface area (Å²) in [5.41, 5.74) is 6.08. The third-order valence-electron chi connectivity index (χ3n) is 3.73. The predicted octanol–water partition coefficient (Wildman–Crippen LogP) is 4.17. The van der Waals surface area contributed by atoms with Crippen molar-refractivity contribution in [3.8, 4) is 22.8 Å². The standard InChI is InChI=1S/C18H18N2O/c1-12-7-6-9-15(11-12)17-14(3)18(21)19-20(17)16-10-5-4-8-13(16)2/h4-11H,1-3H3,(H,19,21). The fourth-order valence-corrected chi connectivity index (χ4v) is 2.59. The SMILES string of the molecule is Cc1cccc(-c2c(C)c(O)nn2-c2ccccc2C)c1. The molecule has 0 unspecified atom stereocenters. The van der Waals surface area contributed by atoms with Gasteiger partial charge in [0, 0.05) is 11.1 Å². The van der Waals surface area contributed by atoms with Crippen molar-refractivity contribution >= 4 is 0 Å². The number of aryl methyl sites for hydroxylation is 2. The lowest BCUT2D eigenvalue weighted by Crippen LogP contribution is -2.01. The number of rotatable bonds is 2. The molecule has 3 heteroatoms. The molecule has 1 heterocycles. The minimum atomic E-state index is 0.0785. The largest absolute Gasteiger partial charge is 0.492 e. The Labute approximate surface area is 124 Å². The normalized spacial score (nSPS) is 10.8. The quantitative estimate of drug-likeness (QED) is 0.764. The predicted molar refractivity (Wildman–Crippen MR) is 84.9 cm³/mol. The maximum Gasteiger partial charge on any atom is 0.234 e. The van der Waals surface area contributed by atoms with Gasteiger partial charge in [0.05, 0.1) is 11.4 Å². The first-order chi connectivity index (χ1) is 10.1. The van der Waals surface area contributed by atoms with Crippen LogP contribution < -0.4 is 0 Å². The fourth-order valence-electron chi connectivity index (χ4n) is 2.59. The zero-order valence-electron chi connectivity index (χ0n) is 12.5. The third-order valence-corrected chi connectivity index (χ3v) is 3.73. The summed E-state index contributed by atoms with van der Waals surface area (Å²) in [4.78, 5) is 0. The number of para-hydroxylation sites is 1. The van der Waals surface area contributed by atoms with E-state index in [2.05, 4.69) is 24.2 Å². The molecule has 0 radical (unpaired) electrons. The molecule has 0 atom stereocenters. The van der Waals surface area contributed by atoms with E-state index in [1.54, 1.807) is 0 Å². The summed E-state index contributed by atoms with van der Waals surface area (Å²) >= 11 is 0. The van der Waals surface area contributed by atoms with Crippen molar-refractivity contribution in [2.75, 3.05) is 0 Å². The van der Waals surface area contributed by atoms with Gasteiger partial charge in [-0.3, -0.25) is 0 Å². The Morgan fingerprint density at radius 2 is 1.71 bits per heavy atom. The van der Waals surface area contributed by atoms with E-state index in [-0.39, 0.29) is 5.88 Å². The van der Waals surface area contributed by atoms with Crippen LogP contribution in [0.2, 0.25) is 0 Å². The first-order valence-electron chi connectivity index (χ1n) is 6.99. The van der Waals surface area contributed by atoms with Gasteiger partial charge in [0.15, 0.2) is 0 Å². The second-order valence-electron chi connectivity index (χ2n) is 5.36. The number of nitrogens with zero attached hydrogens (tertiary/aromatic N) is 2. The highest BCUT2D eigenvalue weighted by molar-refractivity contribution is 5.68. The average molecular weight is 278 g/mol. The lowest BCUT2D eigenvalue weighted by molar-refractivity contribution is 0.444. The van der Waals surface area contributed by atoms with Crippen LogP contribution in [0, 0.1) is 20.8 Å². The van der Waals surface area contributed by atoms with Gasteiger partial charge < -0.3 is 5.11 Å². The van der Waals surface area contributed by atoms with Crippen LogP contribution in [0.15, 0.2) is 48.5 Å². The van der Waals surface area contributed by atoms with Crippen molar-refractivity contribution in [1.82, 2.24) is 9.78 Å². The summed E-state index contributed by atoms with van der Waals surface area (Å²) in [7, 11) is 0. The van der Waals surface area contributed by atoms with Gasteiger partial charge in [-0.05, 0) is 38.5 Å². The summed E-state index contributed by atoms with van der Waals surface area (Å²) in [5.74, 6) is 0.0785. The molecule has 1 N–H and O–H groups in total. The Balaban J connectivity index is 2.29. The van der Waals surface area contributed by atoms with Crippen molar-refractivity contribution in [2.24, 2.45) is 0 Å². The lowest BCUT2D eigenvalue weighted by atomic mass is 10.1. The highest BCUT2D eigenvalue weighted by Gasteiger charge is 2.17. The number of hydrogen-bond acceptors (Lipinski definition) is 2. The summed E-state index contributed by atoms with van der Waals surface area (Å²) in [6.45, 7) is 6.01. The van der Waals surface area contributed by atoms with Crippen molar-refractivity contribution in [3.63, 3.8) is 0 Å². The molecule has 2 aromatic carbocycles. The van der Waals surface area contributed by atoms with Crippen molar-refractivity contribution in [1.29, 1.82) is 0 Å². The highest BCUT2D eigenvalue weighted by atomic mass is 16.3. The van der Waals surface area contributed by atoms with E-state index in [0.29, 0.717) is 0 Å². The molecule has 1 aromatic heterocycles. The third kappa shape index (κ3) is 2.31. The molecule has 21 heavy (non-hydrogen) atoms. The molecule has 3 aromatic rings. The molecule has 0 bridgehead atoms. The molecule has 3 rings (SSSR count). The Morgan fingerprint density at radius 1 is 0.952 bits per heavy atom. The topological polar surface area (TPSA) is 38.1 Å². The molecule has 0 aliphatic heterocycles. The van der Waals surface area contributed by atoms with Gasteiger partial charge in [-0.15, -0.1) is 5.10 Å². The van der Waals surface area contributed by atoms with Crippen LogP contribution in [0.5, 0.6) is 5.88 Å². The maximum absolute atomic E-state index is 10.1. The van der Waals surface area contributed by atoms with Crippen LogP contribution in [0.4, 0.5) is 0 Å². The highest BCUT2D eigenvalue weighted by Crippen LogP contribution is 2.32. The smallest absolute Gasteiger partial charge is 0.234 e. The molecule has 0 fully saturated rings. The number of benzene rings is 2. The minimum Gasteiger partial charge on any atom is -0.492 e. The molecular weight excluding hydrogens is 260 g/mol. The summed E-state index contributed by atoms with van der Waals surface area (Å²) in [6.07, 6.45) is 0. The van der Waals surface area contributed by atoms with Crippen LogP contribution >= 0.6 is 0 Å². The number of aromatic nitrogens is 2. The van der Waals surface area contributed by atoms with Gasteiger partial charge in [0.25, 0.3) is 0 Å². The molecule has 0 aliphatic carbocycles. The summed E-state index contributed by atoms with van der Waals surface area (Å²) in [6, 6.07) is 16.3. The Hall–Kier alpha value is -2.55. The van der Waals surface area contributed by atoms with Crippen molar-refractivity contribution in [3.05, 3.63) is 65.2 Å². The van der Waals surface area contributed by atoms with E-state index in [4.69, 9.17) is 0 Å². The molecule has 0 saturated carbocycles. The number of hydrogen-bond donors (Lipinski definition) is 1. The monoisotopic (exact) mass is 278 g/mol. The van der Waals surface area contributed by atoms with E-state index in [1.165, 1.54) is 5.56 Å². The summed E-state index contributed by atoms with van der Waals surface area (Å²) in [5, 5.41) is 14.4. The van der Waals surface area contributed by atoms with Crippen LogP contribution in [-0.4, -0.2) is 14.9 Å². The van der Waals surface area contributed by atoms with Crippen LogP contribution in [-0.2, 0) is 0 Å². The zero-order valence-corrected chi connectivity index (χ0v) is 12.5. The molecule has 3 nitrogen and oxygen atoms in total. The van der Waals surface area contributed by atoms with Gasteiger partial charge >= 0.3 is 0 Å². The summed E-state index contributed by atoms with van der Waals surface area (Å²) < 4.78 is 1.83. The van der Waals surface area contributed by atoms with E-state index < -0.39 is 0 Å². The average Bonchev–Trinajstić information content (AvgIpc) is 2.75. The molecule has 0 saturated heterocycles.